The lowest BCUT2D eigenvalue weighted by Crippen LogP contribution is -2.40. The first kappa shape index (κ1) is 9.23. The maximum atomic E-state index is 9.94. The third-order valence-corrected chi connectivity index (χ3v) is 2.24. The molecule has 0 aliphatic carbocycles. The summed E-state index contributed by atoms with van der Waals surface area (Å²) in [5, 5.41) is 9.94. The van der Waals surface area contributed by atoms with Crippen LogP contribution in [0.2, 0.25) is 0 Å². The van der Waals surface area contributed by atoms with Gasteiger partial charge in [-0.05, 0) is 19.4 Å². The molecule has 0 bridgehead atoms. The van der Waals surface area contributed by atoms with Crippen LogP contribution < -0.4 is 5.73 Å². The zero-order valence-electron chi connectivity index (χ0n) is 7.49. The van der Waals surface area contributed by atoms with Crippen LogP contribution in [0.5, 0.6) is 0 Å². The number of hydrogen-bond acceptors (Lipinski definition) is 2. The molecule has 12 heavy (non-hydrogen) atoms. The van der Waals surface area contributed by atoms with Crippen molar-refractivity contribution in [1.29, 1.82) is 0 Å². The maximum Gasteiger partial charge on any atom is 0.102 e. The van der Waals surface area contributed by atoms with Crippen LogP contribution in [0.1, 0.15) is 19.4 Å². The zero-order valence-corrected chi connectivity index (χ0v) is 7.49. The molecule has 1 rings (SSSR count). The van der Waals surface area contributed by atoms with Crippen molar-refractivity contribution < 1.29 is 5.11 Å². The first-order valence-corrected chi connectivity index (χ1v) is 4.08. The van der Waals surface area contributed by atoms with Crippen molar-refractivity contribution in [2.24, 2.45) is 5.73 Å². The van der Waals surface area contributed by atoms with Crippen LogP contribution >= 0.6 is 0 Å². The minimum atomic E-state index is -0.929. The van der Waals surface area contributed by atoms with E-state index in [-0.39, 0.29) is 6.04 Å². The molecular weight excluding hydrogens is 150 g/mol. The highest BCUT2D eigenvalue weighted by Gasteiger charge is 2.26. The van der Waals surface area contributed by atoms with Crippen molar-refractivity contribution in [2.75, 3.05) is 0 Å². The highest BCUT2D eigenvalue weighted by molar-refractivity contribution is 5.22. The summed E-state index contributed by atoms with van der Waals surface area (Å²) in [4.78, 5) is 0. The quantitative estimate of drug-likeness (QED) is 0.692. The molecule has 0 saturated heterocycles. The normalized spacial score (nSPS) is 18.3. The van der Waals surface area contributed by atoms with E-state index in [0.717, 1.165) is 5.56 Å². The van der Waals surface area contributed by atoms with Crippen molar-refractivity contribution in [1.82, 2.24) is 0 Å². The maximum absolute atomic E-state index is 9.94. The van der Waals surface area contributed by atoms with Gasteiger partial charge < -0.3 is 10.8 Å². The Kier molecular flexibility index (Phi) is 2.50. The van der Waals surface area contributed by atoms with Crippen LogP contribution in [0, 0.1) is 0 Å². The van der Waals surface area contributed by atoms with Gasteiger partial charge in [-0.2, -0.15) is 0 Å². The van der Waals surface area contributed by atoms with Crippen LogP contribution in [-0.2, 0) is 5.60 Å². The van der Waals surface area contributed by atoms with E-state index in [0.29, 0.717) is 0 Å². The lowest BCUT2D eigenvalue weighted by Gasteiger charge is -2.27. The van der Waals surface area contributed by atoms with E-state index in [1.54, 1.807) is 13.8 Å². The van der Waals surface area contributed by atoms with Crippen molar-refractivity contribution in [3.8, 4) is 0 Å². The number of hydrogen-bond donors (Lipinski definition) is 2. The first-order valence-electron chi connectivity index (χ1n) is 4.08. The molecule has 1 aromatic rings. The molecule has 3 N–H and O–H groups in total. The molecule has 0 heterocycles. The second kappa shape index (κ2) is 3.25. The fourth-order valence-electron chi connectivity index (χ4n) is 1.04. The second-order valence-electron chi connectivity index (χ2n) is 3.30. The average molecular weight is 165 g/mol. The molecule has 2 atom stereocenters. The first-order chi connectivity index (χ1) is 5.55. The molecule has 0 unspecified atom stereocenters. The molecule has 0 aliphatic rings. The molecule has 0 radical (unpaired) electrons. The van der Waals surface area contributed by atoms with E-state index < -0.39 is 5.60 Å². The monoisotopic (exact) mass is 165 g/mol. The molecule has 0 amide bonds. The molecule has 1 aromatic carbocycles. The highest BCUT2D eigenvalue weighted by Crippen LogP contribution is 2.22. The minimum Gasteiger partial charge on any atom is -0.384 e. The third-order valence-electron chi connectivity index (χ3n) is 2.24. The van der Waals surface area contributed by atoms with Crippen LogP contribution in [0.4, 0.5) is 0 Å². The minimum absolute atomic E-state index is 0.264. The van der Waals surface area contributed by atoms with Gasteiger partial charge in [-0.15, -0.1) is 0 Å². The summed E-state index contributed by atoms with van der Waals surface area (Å²) in [6, 6.07) is 9.20. The Morgan fingerprint density at radius 1 is 1.33 bits per heavy atom. The Morgan fingerprint density at radius 2 is 1.83 bits per heavy atom. The molecule has 0 aliphatic heterocycles. The van der Waals surface area contributed by atoms with Gasteiger partial charge in [-0.3, -0.25) is 0 Å². The fourth-order valence-corrected chi connectivity index (χ4v) is 1.04. The van der Waals surface area contributed by atoms with E-state index in [9.17, 15) is 5.11 Å². The lowest BCUT2D eigenvalue weighted by molar-refractivity contribution is 0.0349. The smallest absolute Gasteiger partial charge is 0.102 e. The van der Waals surface area contributed by atoms with Gasteiger partial charge in [0.25, 0.3) is 0 Å². The highest BCUT2D eigenvalue weighted by atomic mass is 16.3. The van der Waals surface area contributed by atoms with Gasteiger partial charge in [-0.1, -0.05) is 30.3 Å². The number of aliphatic hydroxyl groups is 1. The van der Waals surface area contributed by atoms with E-state index in [1.165, 1.54) is 0 Å². The van der Waals surface area contributed by atoms with Gasteiger partial charge in [0.05, 0.1) is 0 Å². The number of benzene rings is 1. The van der Waals surface area contributed by atoms with E-state index in [2.05, 4.69) is 0 Å². The van der Waals surface area contributed by atoms with Crippen molar-refractivity contribution >= 4 is 0 Å². The zero-order chi connectivity index (χ0) is 9.19. The summed E-state index contributed by atoms with van der Waals surface area (Å²) in [7, 11) is 0. The molecule has 0 aromatic heterocycles. The van der Waals surface area contributed by atoms with Crippen molar-refractivity contribution in [2.45, 2.75) is 25.5 Å². The molecule has 0 fully saturated rings. The molecule has 0 saturated carbocycles. The predicted octanol–water partition coefficient (Wildman–Crippen LogP) is 1.24. The summed E-state index contributed by atoms with van der Waals surface area (Å²) >= 11 is 0. The van der Waals surface area contributed by atoms with Gasteiger partial charge in [0.15, 0.2) is 0 Å². The Labute approximate surface area is 73.0 Å². The topological polar surface area (TPSA) is 46.2 Å². The Balaban J connectivity index is 2.98. The molecule has 66 valence electrons. The van der Waals surface area contributed by atoms with Gasteiger partial charge >= 0.3 is 0 Å². The Morgan fingerprint density at radius 3 is 2.25 bits per heavy atom. The van der Waals surface area contributed by atoms with E-state index >= 15 is 0 Å². The standard InChI is InChI=1S/C10H15NO/c1-8(11)10(2,12)9-6-4-3-5-7-9/h3-8,12H,11H2,1-2H3/t8-,10+/m0/s1. The second-order valence-corrected chi connectivity index (χ2v) is 3.30. The van der Waals surface area contributed by atoms with Crippen LogP contribution in [-0.4, -0.2) is 11.1 Å². The number of nitrogens with two attached hydrogens (primary N) is 1. The van der Waals surface area contributed by atoms with Gasteiger partial charge in [0, 0.05) is 6.04 Å². The van der Waals surface area contributed by atoms with E-state index in [4.69, 9.17) is 5.73 Å². The molecule has 2 nitrogen and oxygen atoms in total. The summed E-state index contributed by atoms with van der Waals surface area (Å²) in [6.45, 7) is 3.53. The molecular formula is C10H15NO. The average Bonchev–Trinajstić information content (AvgIpc) is 2.06. The van der Waals surface area contributed by atoms with Gasteiger partial charge in [0.1, 0.15) is 5.60 Å². The van der Waals surface area contributed by atoms with Crippen LogP contribution in [0.25, 0.3) is 0 Å². The Bertz CT molecular complexity index is 241. The summed E-state index contributed by atoms with van der Waals surface area (Å²) < 4.78 is 0. The van der Waals surface area contributed by atoms with Crippen LogP contribution in [0.3, 0.4) is 0 Å². The summed E-state index contributed by atoms with van der Waals surface area (Å²) in [5.74, 6) is 0. The molecule has 0 spiro atoms. The lowest BCUT2D eigenvalue weighted by atomic mass is 9.90. The largest absolute Gasteiger partial charge is 0.384 e. The fraction of sp³-hybridized carbons (Fsp3) is 0.400. The van der Waals surface area contributed by atoms with Crippen LogP contribution in [0.15, 0.2) is 30.3 Å². The predicted molar refractivity (Wildman–Crippen MR) is 49.7 cm³/mol. The van der Waals surface area contributed by atoms with Gasteiger partial charge in [0.2, 0.25) is 0 Å². The molecule has 2 heteroatoms. The van der Waals surface area contributed by atoms with Gasteiger partial charge in [-0.25, -0.2) is 0 Å². The van der Waals surface area contributed by atoms with E-state index in [1.807, 2.05) is 30.3 Å². The SMILES string of the molecule is C[C@H](N)[C@@](C)(O)c1ccccc1. The Hall–Kier alpha value is -0.860. The number of rotatable bonds is 2. The summed E-state index contributed by atoms with van der Waals surface area (Å²) in [5.41, 5.74) is 5.58. The summed E-state index contributed by atoms with van der Waals surface area (Å²) in [6.07, 6.45) is 0. The van der Waals surface area contributed by atoms with Crippen molar-refractivity contribution in [3.63, 3.8) is 0 Å². The third kappa shape index (κ3) is 1.65. The van der Waals surface area contributed by atoms with Crippen molar-refractivity contribution in [3.05, 3.63) is 35.9 Å².